The summed E-state index contributed by atoms with van der Waals surface area (Å²) >= 11 is 0. The van der Waals surface area contributed by atoms with Crippen LogP contribution in [0.5, 0.6) is 0 Å². The number of unbranched alkanes of at least 4 members (excludes halogenated alkanes) is 1. The average Bonchev–Trinajstić information content (AvgIpc) is 1.98. The third-order valence-electron chi connectivity index (χ3n) is 1.15. The van der Waals surface area contributed by atoms with Crippen LogP contribution in [-0.4, -0.2) is 6.08 Å². The maximum atomic E-state index is 9.76. The summed E-state index contributed by atoms with van der Waals surface area (Å²) in [7, 11) is 0. The minimum absolute atomic E-state index is 0.608. The molecular weight excluding hydrogens is 126 g/mol. The van der Waals surface area contributed by atoms with Gasteiger partial charge >= 0.3 is 0 Å². The van der Waals surface area contributed by atoms with Gasteiger partial charge in [-0.3, -0.25) is 0 Å². The zero-order valence-electron chi connectivity index (χ0n) is 6.18. The predicted molar refractivity (Wildman–Crippen MR) is 40.3 cm³/mol. The molecule has 0 aromatic rings. The van der Waals surface area contributed by atoms with Crippen molar-refractivity contribution < 1.29 is 4.79 Å². The van der Waals surface area contributed by atoms with Crippen molar-refractivity contribution in [3.8, 4) is 0 Å². The van der Waals surface area contributed by atoms with Crippen molar-refractivity contribution in [1.82, 2.24) is 0 Å². The van der Waals surface area contributed by atoms with Crippen molar-refractivity contribution in [2.45, 2.75) is 26.2 Å². The average molecular weight is 137 g/mol. The van der Waals surface area contributed by atoms with Crippen LogP contribution in [0.4, 0.5) is 0 Å². The van der Waals surface area contributed by atoms with Crippen molar-refractivity contribution in [2.24, 2.45) is 4.99 Å². The summed E-state index contributed by atoms with van der Waals surface area (Å²) in [6.07, 6.45) is 4.34. The summed E-state index contributed by atoms with van der Waals surface area (Å²) in [5, 5.41) is 0. The van der Waals surface area contributed by atoms with Crippen LogP contribution in [0.2, 0.25) is 0 Å². The van der Waals surface area contributed by atoms with E-state index in [1.165, 1.54) is 6.08 Å². The molecule has 10 heavy (non-hydrogen) atoms. The van der Waals surface area contributed by atoms with Gasteiger partial charge in [0.05, 0.1) is 5.70 Å². The molecule has 0 fully saturated rings. The van der Waals surface area contributed by atoms with E-state index in [-0.39, 0.29) is 0 Å². The molecule has 0 rings (SSSR count). The number of allylic oxidation sites excluding steroid dienone is 1. The van der Waals surface area contributed by atoms with Gasteiger partial charge in [-0.1, -0.05) is 19.9 Å². The molecular formula is C8H11NO. The molecule has 54 valence electrons. The van der Waals surface area contributed by atoms with Gasteiger partial charge in [-0.05, 0) is 12.8 Å². The molecule has 0 amide bonds. The second-order valence-electron chi connectivity index (χ2n) is 1.93. The molecule has 0 N–H and O–H groups in total. The van der Waals surface area contributed by atoms with E-state index >= 15 is 0 Å². The number of isocyanates is 1. The molecule has 0 spiro atoms. The number of hydrogen-bond acceptors (Lipinski definition) is 2. The predicted octanol–water partition coefficient (Wildman–Crippen LogP) is 2.18. The molecule has 0 aliphatic heterocycles. The molecule has 0 unspecified atom stereocenters. The molecule has 0 atom stereocenters. The van der Waals surface area contributed by atoms with Crippen LogP contribution in [0.1, 0.15) is 26.2 Å². The minimum atomic E-state index is 0.608. The lowest BCUT2D eigenvalue weighted by atomic mass is 10.2. The van der Waals surface area contributed by atoms with Gasteiger partial charge in [0, 0.05) is 0 Å². The Morgan fingerprint density at radius 1 is 1.70 bits per heavy atom. The fourth-order valence-electron chi connectivity index (χ4n) is 0.583. The summed E-state index contributed by atoms with van der Waals surface area (Å²) in [4.78, 5) is 13.2. The first-order valence-electron chi connectivity index (χ1n) is 3.32. The Balaban J connectivity index is 3.86. The number of hydrogen-bond donors (Lipinski definition) is 0. The van der Waals surface area contributed by atoms with Crippen molar-refractivity contribution in [2.75, 3.05) is 0 Å². The normalized spacial score (nSPS) is 7.70. The lowest BCUT2D eigenvalue weighted by Gasteiger charge is -1.91. The number of carbonyl (C=O) groups excluding carboxylic acids is 1. The standard InChI is InChI=1S/C8H11NO/c1-3-5-6-8(4-2)9-7-10/h2-3,5-6H2,1H3. The molecule has 0 aromatic heterocycles. The van der Waals surface area contributed by atoms with Crippen molar-refractivity contribution >= 4 is 6.08 Å². The quantitative estimate of drug-likeness (QED) is 0.332. The van der Waals surface area contributed by atoms with E-state index in [0.717, 1.165) is 19.3 Å². The van der Waals surface area contributed by atoms with Crippen molar-refractivity contribution in [3.63, 3.8) is 0 Å². The number of rotatable bonds is 4. The Kier molecular flexibility index (Phi) is 5.36. The van der Waals surface area contributed by atoms with Crippen LogP contribution < -0.4 is 0 Å². The van der Waals surface area contributed by atoms with Gasteiger partial charge in [0.2, 0.25) is 6.08 Å². The van der Waals surface area contributed by atoms with Crippen LogP contribution >= 0.6 is 0 Å². The van der Waals surface area contributed by atoms with Crippen molar-refractivity contribution in [3.05, 3.63) is 18.0 Å². The number of aliphatic imine (C=N–C) groups is 1. The highest BCUT2D eigenvalue weighted by Crippen LogP contribution is 2.05. The fraction of sp³-hybridized carbons (Fsp3) is 0.500. The van der Waals surface area contributed by atoms with Gasteiger partial charge in [0.1, 0.15) is 0 Å². The minimum Gasteiger partial charge on any atom is -0.211 e. The van der Waals surface area contributed by atoms with E-state index in [2.05, 4.69) is 24.2 Å². The first-order valence-corrected chi connectivity index (χ1v) is 3.32. The van der Waals surface area contributed by atoms with Gasteiger partial charge < -0.3 is 0 Å². The molecule has 0 heterocycles. The first-order chi connectivity index (χ1) is 4.85. The van der Waals surface area contributed by atoms with Crippen LogP contribution in [-0.2, 0) is 4.79 Å². The Bertz CT molecular complexity index is 183. The Morgan fingerprint density at radius 2 is 2.40 bits per heavy atom. The molecule has 2 nitrogen and oxygen atoms in total. The lowest BCUT2D eigenvalue weighted by molar-refractivity contribution is 0.564. The summed E-state index contributed by atoms with van der Waals surface area (Å²) in [5.41, 5.74) is 3.18. The summed E-state index contributed by atoms with van der Waals surface area (Å²) in [5.74, 6) is 0. The molecule has 0 saturated heterocycles. The highest BCUT2D eigenvalue weighted by molar-refractivity contribution is 5.36. The first kappa shape index (κ1) is 8.90. The van der Waals surface area contributed by atoms with Crippen LogP contribution in [0, 0.1) is 0 Å². The highest BCUT2D eigenvalue weighted by atomic mass is 16.1. The zero-order chi connectivity index (χ0) is 7.82. The number of nitrogens with zero attached hydrogens (tertiary/aromatic N) is 1. The van der Waals surface area contributed by atoms with E-state index in [9.17, 15) is 4.79 Å². The second kappa shape index (κ2) is 6.03. The molecule has 0 aliphatic carbocycles. The molecule has 0 aliphatic rings. The molecule has 0 bridgehead atoms. The zero-order valence-corrected chi connectivity index (χ0v) is 6.18. The van der Waals surface area contributed by atoms with Gasteiger partial charge in [-0.25, -0.2) is 4.79 Å². The fourth-order valence-corrected chi connectivity index (χ4v) is 0.583. The highest BCUT2D eigenvalue weighted by Gasteiger charge is 1.89. The maximum absolute atomic E-state index is 9.76. The van der Waals surface area contributed by atoms with Crippen LogP contribution in [0.3, 0.4) is 0 Å². The van der Waals surface area contributed by atoms with E-state index in [0.29, 0.717) is 5.70 Å². The molecule has 0 radical (unpaired) electrons. The van der Waals surface area contributed by atoms with E-state index in [4.69, 9.17) is 0 Å². The largest absolute Gasteiger partial charge is 0.240 e. The smallest absolute Gasteiger partial charge is 0.211 e. The molecule has 0 aromatic carbocycles. The topological polar surface area (TPSA) is 29.4 Å². The van der Waals surface area contributed by atoms with Gasteiger partial charge in [0.15, 0.2) is 0 Å². The molecule has 2 heteroatoms. The monoisotopic (exact) mass is 137 g/mol. The maximum Gasteiger partial charge on any atom is 0.240 e. The summed E-state index contributed by atoms with van der Waals surface area (Å²) in [6.45, 7) is 5.47. The van der Waals surface area contributed by atoms with Crippen LogP contribution in [0.25, 0.3) is 0 Å². The third kappa shape index (κ3) is 3.85. The third-order valence-corrected chi connectivity index (χ3v) is 1.15. The Hall–Kier alpha value is -1.10. The van der Waals surface area contributed by atoms with Gasteiger partial charge in [-0.2, -0.15) is 4.99 Å². The SMILES string of the molecule is C=C=C(CCCC)N=C=O. The Labute approximate surface area is 61.0 Å². The van der Waals surface area contributed by atoms with Gasteiger partial charge in [-0.15, -0.1) is 5.73 Å². The summed E-state index contributed by atoms with van der Waals surface area (Å²) < 4.78 is 0. The summed E-state index contributed by atoms with van der Waals surface area (Å²) in [6, 6.07) is 0. The van der Waals surface area contributed by atoms with E-state index in [1.54, 1.807) is 0 Å². The van der Waals surface area contributed by atoms with E-state index < -0.39 is 0 Å². The lowest BCUT2D eigenvalue weighted by Crippen LogP contribution is -1.76. The molecule has 0 saturated carbocycles. The van der Waals surface area contributed by atoms with E-state index in [1.807, 2.05) is 0 Å². The Morgan fingerprint density at radius 3 is 2.80 bits per heavy atom. The van der Waals surface area contributed by atoms with Gasteiger partial charge in [0.25, 0.3) is 0 Å². The second-order valence-corrected chi connectivity index (χ2v) is 1.93. The van der Waals surface area contributed by atoms with Crippen LogP contribution in [0.15, 0.2) is 23.0 Å². The van der Waals surface area contributed by atoms with Crippen molar-refractivity contribution in [1.29, 1.82) is 0 Å².